The number of esters is 2. The van der Waals surface area contributed by atoms with Crippen LogP contribution in [0.25, 0.3) is 33.4 Å². The molecular formula is C51H66N8O9S. The molecule has 5 aromatic rings. The molecule has 5 heterocycles. The van der Waals surface area contributed by atoms with Crippen LogP contribution in [0.2, 0.25) is 0 Å². The van der Waals surface area contributed by atoms with Gasteiger partial charge in [-0.15, -0.1) is 11.3 Å². The molecular weight excluding hydrogens is 901 g/mol. The lowest BCUT2D eigenvalue weighted by atomic mass is 9.84. The van der Waals surface area contributed by atoms with E-state index in [4.69, 9.17) is 28.9 Å². The zero-order chi connectivity index (χ0) is 49.5. The number of nitrogens with zero attached hydrogens (tertiary/aromatic N) is 5. The molecule has 17 nitrogen and oxygen atoms in total. The maximum atomic E-state index is 13.5. The molecule has 4 N–H and O–H groups in total. The third-order valence-corrected chi connectivity index (χ3v) is 13.2. The maximum Gasteiger partial charge on any atom is 0.410 e. The van der Waals surface area contributed by atoms with Gasteiger partial charge in [-0.25, -0.2) is 29.6 Å². The van der Waals surface area contributed by atoms with Crippen LogP contribution in [-0.4, -0.2) is 113 Å². The normalized spacial score (nSPS) is 16.5. The van der Waals surface area contributed by atoms with E-state index in [0.717, 1.165) is 56.7 Å². The Morgan fingerprint density at radius 3 is 2.43 bits per heavy atom. The maximum absolute atomic E-state index is 13.5. The first kappa shape index (κ1) is 50.9. The third-order valence-electron chi connectivity index (χ3n) is 12.3. The van der Waals surface area contributed by atoms with Gasteiger partial charge in [-0.05, 0) is 88.6 Å². The van der Waals surface area contributed by atoms with Crippen molar-refractivity contribution in [2.24, 2.45) is 5.41 Å². The zero-order valence-electron chi connectivity index (χ0n) is 40.9. The number of hydrazine groups is 1. The van der Waals surface area contributed by atoms with E-state index in [9.17, 15) is 24.3 Å². The van der Waals surface area contributed by atoms with Gasteiger partial charge in [0.15, 0.2) is 0 Å². The van der Waals surface area contributed by atoms with Crippen LogP contribution in [0.3, 0.4) is 0 Å². The number of pyridine rings is 1. The average Bonchev–Trinajstić information content (AvgIpc) is 3.94. The summed E-state index contributed by atoms with van der Waals surface area (Å²) in [5.74, 6) is -1.65. The summed E-state index contributed by atoms with van der Waals surface area (Å²) < 4.78 is 24.6. The fourth-order valence-electron chi connectivity index (χ4n) is 8.59. The second-order valence-electron chi connectivity index (χ2n) is 19.4. The number of piperazine rings is 1. The van der Waals surface area contributed by atoms with Gasteiger partial charge in [-0.3, -0.25) is 10.4 Å². The molecule has 2 aromatic carbocycles. The van der Waals surface area contributed by atoms with Crippen LogP contribution in [0.5, 0.6) is 0 Å². The number of thiazole rings is 1. The standard InChI is InChI=1S/C51H66N8O9S/c1-9-59-42-18-17-34(41-30-69-43(54-41)26-40(55-48(63)68-50(3,4)5)47(62)67-46(61)39-16-13-19-53-56-39)24-36(42)38(27-51(6,7)31-60)45(59)37-25-35(28-52-44(37)32(2)65-8)57-20-22-58(23-21-57)49(64)66-29-33-14-11-10-12-15-33/h10-12,14-15,17-18,24-25,28,30,32,39-40,53,56,60H,9,13,16,19-23,26-27,29,31H2,1-8H3,(H,55,63)/t32-,39?,40-/m0/s1. The Labute approximate surface area is 407 Å². The first-order valence-electron chi connectivity index (χ1n) is 23.6. The number of hydrogen-bond acceptors (Lipinski definition) is 15. The van der Waals surface area contributed by atoms with E-state index in [2.05, 4.69) is 50.8 Å². The molecule has 0 spiro atoms. The molecule has 3 atom stereocenters. The van der Waals surface area contributed by atoms with Gasteiger partial charge in [0, 0.05) is 86.8 Å². The highest BCUT2D eigenvalue weighted by atomic mass is 32.1. The number of nitrogens with one attached hydrogen (secondary N) is 3. The zero-order valence-corrected chi connectivity index (χ0v) is 41.7. The Hall–Kier alpha value is -5.92. The van der Waals surface area contributed by atoms with E-state index in [1.807, 2.05) is 68.7 Å². The molecule has 0 bridgehead atoms. The van der Waals surface area contributed by atoms with E-state index < -0.39 is 41.1 Å². The van der Waals surface area contributed by atoms with Gasteiger partial charge in [-0.2, -0.15) is 0 Å². The minimum Gasteiger partial charge on any atom is -0.445 e. The summed E-state index contributed by atoms with van der Waals surface area (Å²) >= 11 is 1.32. The molecule has 2 fully saturated rings. The van der Waals surface area contributed by atoms with Gasteiger partial charge < -0.3 is 43.7 Å². The fraction of sp³-hybridized carbons (Fsp3) is 0.490. The lowest BCUT2D eigenvalue weighted by Crippen LogP contribution is -2.52. The lowest BCUT2D eigenvalue weighted by Gasteiger charge is -2.35. The number of aryl methyl sites for hydroxylation is 1. The molecule has 0 saturated carbocycles. The Morgan fingerprint density at radius 2 is 1.77 bits per heavy atom. The third kappa shape index (κ3) is 12.7. The second-order valence-corrected chi connectivity index (χ2v) is 20.3. The Morgan fingerprint density at radius 1 is 1.01 bits per heavy atom. The molecule has 69 heavy (non-hydrogen) atoms. The van der Waals surface area contributed by atoms with Crippen LogP contribution in [0.15, 0.2) is 66.2 Å². The average molecular weight is 967 g/mol. The van der Waals surface area contributed by atoms with Crippen LogP contribution < -0.4 is 21.1 Å². The van der Waals surface area contributed by atoms with Crippen molar-refractivity contribution in [1.29, 1.82) is 0 Å². The first-order chi connectivity index (χ1) is 33.0. The highest BCUT2D eigenvalue weighted by Gasteiger charge is 2.33. The van der Waals surface area contributed by atoms with Gasteiger partial charge in [-0.1, -0.05) is 50.2 Å². The van der Waals surface area contributed by atoms with Crippen LogP contribution >= 0.6 is 11.3 Å². The first-order valence-corrected chi connectivity index (χ1v) is 24.5. The number of fused-ring (bicyclic) bond motifs is 1. The number of amides is 2. The van der Waals surface area contributed by atoms with Crippen molar-refractivity contribution in [2.45, 2.75) is 111 Å². The van der Waals surface area contributed by atoms with Crippen molar-refractivity contribution >= 4 is 52.1 Å². The van der Waals surface area contributed by atoms with E-state index in [1.54, 1.807) is 32.8 Å². The number of aliphatic hydroxyl groups is 1. The highest BCUT2D eigenvalue weighted by molar-refractivity contribution is 7.10. The van der Waals surface area contributed by atoms with E-state index in [-0.39, 0.29) is 31.8 Å². The number of benzene rings is 2. The lowest BCUT2D eigenvalue weighted by molar-refractivity contribution is -0.163. The SMILES string of the molecule is CCn1c(-c2cc(N3CCN(C(=O)OCc4ccccc4)CC3)cnc2[C@H](C)OC)c(CC(C)(C)CO)c2cc(-c3csc(C[C@H](NC(=O)OC(C)(C)C)C(=O)OC(=O)C4CCCNN4)n3)ccc21. The van der Waals surface area contributed by atoms with Crippen molar-refractivity contribution in [3.05, 3.63) is 88.0 Å². The molecule has 2 aliphatic rings. The number of aliphatic hydroxyl groups excluding tert-OH is 1. The number of aromatic nitrogens is 3. The number of carbonyl (C=O) groups excluding carboxylic acids is 4. The summed E-state index contributed by atoms with van der Waals surface area (Å²) in [6.07, 6.45) is 2.09. The summed E-state index contributed by atoms with van der Waals surface area (Å²) in [6, 6.07) is 16.1. The van der Waals surface area contributed by atoms with E-state index in [1.165, 1.54) is 11.3 Å². The number of rotatable bonds is 16. The number of anilines is 1. The van der Waals surface area contributed by atoms with Crippen LogP contribution in [0.4, 0.5) is 15.3 Å². The number of ether oxygens (including phenoxy) is 4. The predicted molar refractivity (Wildman–Crippen MR) is 264 cm³/mol. The van der Waals surface area contributed by atoms with Gasteiger partial charge in [0.2, 0.25) is 0 Å². The monoisotopic (exact) mass is 966 g/mol. The molecule has 3 aromatic heterocycles. The Kier molecular flexibility index (Phi) is 16.4. The minimum absolute atomic E-state index is 0.0430. The van der Waals surface area contributed by atoms with Crippen LogP contribution in [-0.2, 0) is 54.5 Å². The van der Waals surface area contributed by atoms with Crippen LogP contribution in [0, 0.1) is 5.41 Å². The fourth-order valence-corrected chi connectivity index (χ4v) is 9.44. The quantitative estimate of drug-likeness (QED) is 0.0435. The molecule has 0 radical (unpaired) electrons. The summed E-state index contributed by atoms with van der Waals surface area (Å²) in [4.78, 5) is 66.5. The smallest absolute Gasteiger partial charge is 0.410 e. The van der Waals surface area contributed by atoms with Gasteiger partial charge >= 0.3 is 24.1 Å². The van der Waals surface area contributed by atoms with E-state index >= 15 is 0 Å². The van der Waals surface area contributed by atoms with Crippen molar-refractivity contribution in [2.75, 3.05) is 51.3 Å². The number of methoxy groups -OCH3 is 1. The van der Waals surface area contributed by atoms with Gasteiger partial charge in [0.05, 0.1) is 40.1 Å². The summed E-state index contributed by atoms with van der Waals surface area (Å²) in [5.41, 5.74) is 12.5. The molecule has 7 rings (SSSR count). The molecule has 0 aliphatic carbocycles. The van der Waals surface area contributed by atoms with Gasteiger partial charge in [0.25, 0.3) is 0 Å². The largest absolute Gasteiger partial charge is 0.445 e. The Bertz CT molecular complexity index is 2590. The number of hydrogen-bond donors (Lipinski definition) is 4. The second kappa shape index (κ2) is 22.2. The minimum atomic E-state index is -1.26. The highest BCUT2D eigenvalue weighted by Crippen LogP contribution is 2.43. The summed E-state index contributed by atoms with van der Waals surface area (Å²) in [6.45, 7) is 17.0. The number of alkyl carbamates (subject to hydrolysis) is 1. The summed E-state index contributed by atoms with van der Waals surface area (Å²) in [5, 5.41) is 16.7. The molecule has 1 unspecified atom stereocenters. The van der Waals surface area contributed by atoms with E-state index in [0.29, 0.717) is 62.8 Å². The summed E-state index contributed by atoms with van der Waals surface area (Å²) in [7, 11) is 1.67. The van der Waals surface area contributed by atoms with Crippen molar-refractivity contribution in [1.82, 2.24) is 35.6 Å². The van der Waals surface area contributed by atoms with Crippen molar-refractivity contribution < 1.29 is 43.2 Å². The van der Waals surface area contributed by atoms with Crippen molar-refractivity contribution in [3.8, 4) is 22.5 Å². The molecule has 2 aliphatic heterocycles. The molecule has 2 amide bonds. The van der Waals surface area contributed by atoms with Crippen molar-refractivity contribution in [3.63, 3.8) is 0 Å². The number of carbonyl (C=O) groups is 4. The topological polar surface area (TPSA) is 199 Å². The molecule has 370 valence electrons. The molecule has 2 saturated heterocycles. The van der Waals surface area contributed by atoms with Crippen LogP contribution in [0.1, 0.15) is 89.2 Å². The Balaban J connectivity index is 1.20. The molecule has 18 heteroatoms. The van der Waals surface area contributed by atoms with Gasteiger partial charge in [0.1, 0.15) is 24.3 Å². The predicted octanol–water partition coefficient (Wildman–Crippen LogP) is 7.34.